The van der Waals surface area contributed by atoms with Crippen molar-refractivity contribution < 1.29 is 14.0 Å². The topological polar surface area (TPSA) is 38.3 Å². The van der Waals surface area contributed by atoms with Gasteiger partial charge in [-0.05, 0) is 17.7 Å². The molecule has 0 atom stereocenters. The SMILES string of the molecule is O=C(NOCc1ccccc1)c1cc(F)c(Cl)cc1Cl. The lowest BCUT2D eigenvalue weighted by Gasteiger charge is -2.08. The van der Waals surface area contributed by atoms with E-state index in [1.54, 1.807) is 0 Å². The molecule has 6 heteroatoms. The van der Waals surface area contributed by atoms with Crippen LogP contribution in [0.5, 0.6) is 0 Å². The van der Waals surface area contributed by atoms with Gasteiger partial charge >= 0.3 is 0 Å². The van der Waals surface area contributed by atoms with E-state index in [1.807, 2.05) is 30.3 Å². The lowest BCUT2D eigenvalue weighted by atomic mass is 10.2. The minimum Gasteiger partial charge on any atom is -0.269 e. The molecule has 0 aliphatic carbocycles. The highest BCUT2D eigenvalue weighted by Gasteiger charge is 2.14. The summed E-state index contributed by atoms with van der Waals surface area (Å²) in [6.45, 7) is 0.195. The molecule has 0 aliphatic rings. The molecule has 1 amide bonds. The summed E-state index contributed by atoms with van der Waals surface area (Å²) in [4.78, 5) is 16.8. The van der Waals surface area contributed by atoms with E-state index in [0.717, 1.165) is 11.6 Å². The largest absolute Gasteiger partial charge is 0.276 e. The fourth-order valence-electron chi connectivity index (χ4n) is 1.51. The normalized spacial score (nSPS) is 10.3. The van der Waals surface area contributed by atoms with Gasteiger partial charge in [-0.3, -0.25) is 9.63 Å². The Morgan fingerprint density at radius 3 is 2.55 bits per heavy atom. The summed E-state index contributed by atoms with van der Waals surface area (Å²) in [5, 5.41) is -0.0889. The third-order valence-corrected chi connectivity index (χ3v) is 3.10. The van der Waals surface area contributed by atoms with Gasteiger partial charge in [0.1, 0.15) is 5.82 Å². The molecule has 20 heavy (non-hydrogen) atoms. The summed E-state index contributed by atoms with van der Waals surface area (Å²) < 4.78 is 13.3. The number of halogens is 3. The standard InChI is InChI=1S/C14H10Cl2FNO2/c15-11-7-12(16)13(17)6-10(11)14(19)18-20-8-9-4-2-1-3-5-9/h1-7H,8H2,(H,18,19). The van der Waals surface area contributed by atoms with Crippen LogP contribution >= 0.6 is 23.2 Å². The highest BCUT2D eigenvalue weighted by atomic mass is 35.5. The number of carbonyl (C=O) groups excluding carboxylic acids is 1. The van der Waals surface area contributed by atoms with E-state index in [-0.39, 0.29) is 22.2 Å². The predicted molar refractivity (Wildman–Crippen MR) is 75.1 cm³/mol. The molecule has 0 saturated carbocycles. The van der Waals surface area contributed by atoms with Crippen LogP contribution in [0.25, 0.3) is 0 Å². The first-order chi connectivity index (χ1) is 9.58. The van der Waals surface area contributed by atoms with E-state index in [0.29, 0.717) is 0 Å². The third-order valence-electron chi connectivity index (χ3n) is 2.50. The minimum atomic E-state index is -0.718. The lowest BCUT2D eigenvalue weighted by molar-refractivity contribution is 0.0233. The summed E-state index contributed by atoms with van der Waals surface area (Å²) >= 11 is 11.4. The smallest absolute Gasteiger partial charge is 0.269 e. The molecular weight excluding hydrogens is 304 g/mol. The number of hydroxylamine groups is 1. The highest BCUT2D eigenvalue weighted by molar-refractivity contribution is 6.36. The summed E-state index contributed by atoms with van der Waals surface area (Å²) in [5.41, 5.74) is 3.05. The molecule has 0 fully saturated rings. The Morgan fingerprint density at radius 1 is 1.15 bits per heavy atom. The Kier molecular flexibility index (Phi) is 4.95. The van der Waals surface area contributed by atoms with Crippen LogP contribution < -0.4 is 5.48 Å². The van der Waals surface area contributed by atoms with Crippen molar-refractivity contribution in [3.05, 3.63) is 69.5 Å². The number of hydrogen-bond acceptors (Lipinski definition) is 2. The lowest BCUT2D eigenvalue weighted by Crippen LogP contribution is -2.24. The number of carbonyl (C=O) groups is 1. The van der Waals surface area contributed by atoms with Gasteiger partial charge in [-0.1, -0.05) is 53.5 Å². The second kappa shape index (κ2) is 6.70. The Labute approximate surface area is 125 Å². The maximum absolute atomic E-state index is 13.3. The van der Waals surface area contributed by atoms with E-state index in [1.165, 1.54) is 6.07 Å². The third kappa shape index (κ3) is 3.70. The van der Waals surface area contributed by atoms with Gasteiger partial charge in [0, 0.05) is 0 Å². The first kappa shape index (κ1) is 14.8. The summed E-state index contributed by atoms with van der Waals surface area (Å²) in [7, 11) is 0. The number of hydrogen-bond donors (Lipinski definition) is 1. The molecule has 3 nitrogen and oxygen atoms in total. The molecule has 0 aromatic heterocycles. The molecular formula is C14H10Cl2FNO2. The molecule has 0 heterocycles. The summed E-state index contributed by atoms with van der Waals surface area (Å²) in [6, 6.07) is 11.4. The molecule has 2 aromatic rings. The first-order valence-corrected chi connectivity index (χ1v) is 6.44. The van der Waals surface area contributed by atoms with Crippen molar-refractivity contribution in [2.24, 2.45) is 0 Å². The van der Waals surface area contributed by atoms with Crippen LogP contribution in [0.15, 0.2) is 42.5 Å². The molecule has 0 radical (unpaired) electrons. The fraction of sp³-hybridized carbons (Fsp3) is 0.0714. The number of benzene rings is 2. The van der Waals surface area contributed by atoms with Gasteiger partial charge in [-0.15, -0.1) is 0 Å². The first-order valence-electron chi connectivity index (χ1n) is 5.68. The Bertz CT molecular complexity index is 620. The zero-order chi connectivity index (χ0) is 14.5. The van der Waals surface area contributed by atoms with Gasteiger partial charge in [0.25, 0.3) is 5.91 Å². The van der Waals surface area contributed by atoms with Gasteiger partial charge in [0.15, 0.2) is 0 Å². The van der Waals surface area contributed by atoms with Crippen LogP contribution in [0.1, 0.15) is 15.9 Å². The summed E-state index contributed by atoms with van der Waals surface area (Å²) in [6.07, 6.45) is 0. The van der Waals surface area contributed by atoms with Gasteiger partial charge < -0.3 is 0 Å². The van der Waals surface area contributed by atoms with E-state index >= 15 is 0 Å². The second-order valence-electron chi connectivity index (χ2n) is 3.95. The van der Waals surface area contributed by atoms with Crippen LogP contribution in [0, 0.1) is 5.82 Å². The number of rotatable bonds is 4. The van der Waals surface area contributed by atoms with Crippen LogP contribution in [0.3, 0.4) is 0 Å². The Hall–Kier alpha value is -1.62. The summed E-state index contributed by atoms with van der Waals surface area (Å²) in [5.74, 6) is -1.36. The zero-order valence-electron chi connectivity index (χ0n) is 10.2. The number of amides is 1. The maximum atomic E-state index is 13.3. The molecule has 1 N–H and O–H groups in total. The van der Waals surface area contributed by atoms with Crippen LogP contribution in [0.4, 0.5) is 4.39 Å². The maximum Gasteiger partial charge on any atom is 0.276 e. The van der Waals surface area contributed by atoms with Crippen molar-refractivity contribution in [3.8, 4) is 0 Å². The molecule has 0 bridgehead atoms. The van der Waals surface area contributed by atoms with Crippen LogP contribution in [-0.4, -0.2) is 5.91 Å². The van der Waals surface area contributed by atoms with E-state index < -0.39 is 11.7 Å². The van der Waals surface area contributed by atoms with Crippen molar-refractivity contribution >= 4 is 29.1 Å². The number of nitrogens with one attached hydrogen (secondary N) is 1. The van der Waals surface area contributed by atoms with Crippen LogP contribution in [-0.2, 0) is 11.4 Å². The van der Waals surface area contributed by atoms with Crippen molar-refractivity contribution in [2.45, 2.75) is 6.61 Å². The van der Waals surface area contributed by atoms with Crippen molar-refractivity contribution in [1.29, 1.82) is 0 Å². The van der Waals surface area contributed by atoms with Gasteiger partial charge in [0.2, 0.25) is 0 Å². The monoisotopic (exact) mass is 313 g/mol. The molecule has 0 aliphatic heterocycles. The average Bonchev–Trinajstić information content (AvgIpc) is 2.44. The Balaban J connectivity index is 1.97. The molecule has 104 valence electrons. The quantitative estimate of drug-likeness (QED) is 0.684. The molecule has 0 unspecified atom stereocenters. The van der Waals surface area contributed by atoms with E-state index in [9.17, 15) is 9.18 Å². The van der Waals surface area contributed by atoms with Gasteiger partial charge in [0.05, 0.1) is 22.2 Å². The Morgan fingerprint density at radius 2 is 1.85 bits per heavy atom. The molecule has 2 rings (SSSR count). The van der Waals surface area contributed by atoms with Crippen LogP contribution in [0.2, 0.25) is 10.0 Å². The van der Waals surface area contributed by atoms with Gasteiger partial charge in [-0.25, -0.2) is 9.87 Å². The minimum absolute atomic E-state index is 0.0402. The highest BCUT2D eigenvalue weighted by Crippen LogP contribution is 2.24. The average molecular weight is 314 g/mol. The second-order valence-corrected chi connectivity index (χ2v) is 4.77. The predicted octanol–water partition coefficient (Wildman–Crippen LogP) is 3.99. The molecule has 0 spiro atoms. The molecule has 0 saturated heterocycles. The fourth-order valence-corrected chi connectivity index (χ4v) is 1.98. The van der Waals surface area contributed by atoms with Crippen molar-refractivity contribution in [2.75, 3.05) is 0 Å². The van der Waals surface area contributed by atoms with Crippen molar-refractivity contribution in [3.63, 3.8) is 0 Å². The van der Waals surface area contributed by atoms with Gasteiger partial charge in [-0.2, -0.15) is 0 Å². The van der Waals surface area contributed by atoms with Crippen molar-refractivity contribution in [1.82, 2.24) is 5.48 Å². The zero-order valence-corrected chi connectivity index (χ0v) is 11.7. The van der Waals surface area contributed by atoms with E-state index in [2.05, 4.69) is 5.48 Å². The van der Waals surface area contributed by atoms with E-state index in [4.69, 9.17) is 28.0 Å². The molecule has 2 aromatic carbocycles.